The fraction of sp³-hybridized carbons (Fsp3) is 0.750. The minimum atomic E-state index is -5.36. The monoisotopic (exact) mass is 243 g/mol. The molecule has 0 spiro atoms. The lowest BCUT2D eigenvalue weighted by molar-refractivity contribution is -0.270. The van der Waals surface area contributed by atoms with Crippen LogP contribution in [0.25, 0.3) is 0 Å². The molecule has 94 valence electrons. The van der Waals surface area contributed by atoms with Crippen molar-refractivity contribution in [1.29, 1.82) is 0 Å². The van der Waals surface area contributed by atoms with Gasteiger partial charge in [0, 0.05) is 5.92 Å². The Hall–Kier alpha value is -1.31. The Morgan fingerprint density at radius 3 is 2.00 bits per heavy atom. The summed E-state index contributed by atoms with van der Waals surface area (Å²) in [5.74, 6) is -3.93. The van der Waals surface area contributed by atoms with Crippen LogP contribution in [0.2, 0.25) is 0 Å². The summed E-state index contributed by atoms with van der Waals surface area (Å²) >= 11 is 0. The summed E-state index contributed by atoms with van der Waals surface area (Å²) in [6, 6.07) is 0. The van der Waals surface area contributed by atoms with Crippen LogP contribution in [0.4, 0.5) is 13.2 Å². The van der Waals surface area contributed by atoms with Crippen molar-refractivity contribution < 1.29 is 32.6 Å². The van der Waals surface area contributed by atoms with Gasteiger partial charge in [0.15, 0.2) is 0 Å². The Morgan fingerprint density at radius 2 is 1.75 bits per heavy atom. The van der Waals surface area contributed by atoms with Crippen molar-refractivity contribution in [3.63, 3.8) is 0 Å². The highest BCUT2D eigenvalue weighted by molar-refractivity contribution is 5.88. The third-order valence-electron chi connectivity index (χ3n) is 1.72. The van der Waals surface area contributed by atoms with Crippen LogP contribution in [0, 0.1) is 5.92 Å². The molecule has 2 N–H and O–H groups in total. The molecule has 0 aromatic carbocycles. The maximum absolute atomic E-state index is 12.4. The second-order valence-electron chi connectivity index (χ2n) is 3.34. The second-order valence-corrected chi connectivity index (χ2v) is 3.34. The molecule has 0 bridgehead atoms. The molecule has 0 aliphatic carbocycles. The topological polar surface area (TPSA) is 75.6 Å². The molecule has 0 saturated carbocycles. The number of halogens is 3. The maximum atomic E-state index is 12.4. The predicted octanol–water partition coefficient (Wildman–Crippen LogP) is 0.182. The summed E-state index contributed by atoms with van der Waals surface area (Å²) in [5, 5.41) is 10.3. The molecule has 5 nitrogen and oxygen atoms in total. The summed E-state index contributed by atoms with van der Waals surface area (Å²) in [6.45, 7) is 2.62. The van der Waals surface area contributed by atoms with Gasteiger partial charge in [0.2, 0.25) is 5.91 Å². The first kappa shape index (κ1) is 14.7. The van der Waals surface area contributed by atoms with Gasteiger partial charge < -0.3 is 15.2 Å². The Bertz CT molecular complexity index is 289. The Kier molecular flexibility index (Phi) is 4.30. The van der Waals surface area contributed by atoms with E-state index < -0.39 is 29.7 Å². The average molecular weight is 243 g/mol. The van der Waals surface area contributed by atoms with Gasteiger partial charge in [-0.25, -0.2) is 4.79 Å². The van der Waals surface area contributed by atoms with Crippen LogP contribution in [-0.2, 0) is 14.3 Å². The second kappa shape index (κ2) is 4.69. The number of methoxy groups -OCH3 is 1. The van der Waals surface area contributed by atoms with Gasteiger partial charge in [0.1, 0.15) is 0 Å². The van der Waals surface area contributed by atoms with E-state index in [1.165, 1.54) is 19.2 Å². The first-order valence-electron chi connectivity index (χ1n) is 4.25. The van der Waals surface area contributed by atoms with Gasteiger partial charge in [0.25, 0.3) is 0 Å². The Labute approximate surface area is 89.6 Å². The number of hydrogen-bond donors (Lipinski definition) is 2. The van der Waals surface area contributed by atoms with Crippen molar-refractivity contribution in [2.45, 2.75) is 25.7 Å². The van der Waals surface area contributed by atoms with E-state index in [4.69, 9.17) is 5.11 Å². The molecule has 0 aliphatic rings. The number of aliphatic hydroxyl groups is 1. The van der Waals surface area contributed by atoms with Gasteiger partial charge in [-0.15, -0.1) is 0 Å². The molecule has 0 aromatic heterocycles. The van der Waals surface area contributed by atoms with Crippen LogP contribution in [0.5, 0.6) is 0 Å². The van der Waals surface area contributed by atoms with Crippen LogP contribution >= 0.6 is 0 Å². The van der Waals surface area contributed by atoms with Crippen LogP contribution in [-0.4, -0.2) is 36.0 Å². The largest absolute Gasteiger partial charge is 0.465 e. The molecule has 0 fully saturated rings. The smallest absolute Gasteiger partial charge is 0.448 e. The van der Waals surface area contributed by atoms with Gasteiger partial charge in [0.05, 0.1) is 7.11 Å². The zero-order valence-corrected chi connectivity index (χ0v) is 8.88. The van der Waals surface area contributed by atoms with E-state index in [0.717, 1.165) is 0 Å². The quantitative estimate of drug-likeness (QED) is 0.547. The molecule has 16 heavy (non-hydrogen) atoms. The first-order chi connectivity index (χ1) is 7.06. The van der Waals surface area contributed by atoms with Crippen molar-refractivity contribution in [3.05, 3.63) is 0 Å². The fourth-order valence-electron chi connectivity index (χ4n) is 0.708. The molecule has 0 unspecified atom stereocenters. The van der Waals surface area contributed by atoms with E-state index in [2.05, 4.69) is 4.74 Å². The number of carbonyl (C=O) groups is 2. The van der Waals surface area contributed by atoms with E-state index in [1.54, 1.807) is 0 Å². The van der Waals surface area contributed by atoms with Crippen LogP contribution in [0.1, 0.15) is 13.8 Å². The minimum absolute atomic E-state index is 0.667. The number of alkyl halides is 3. The fourth-order valence-corrected chi connectivity index (χ4v) is 0.708. The molecule has 0 saturated heterocycles. The lowest BCUT2D eigenvalue weighted by atomic mass is 10.1. The normalized spacial score (nSPS) is 15.5. The summed E-state index contributed by atoms with van der Waals surface area (Å²) in [4.78, 5) is 21.9. The molecule has 0 heterocycles. The lowest BCUT2D eigenvalue weighted by Crippen LogP contribution is -2.65. The van der Waals surface area contributed by atoms with E-state index in [0.29, 0.717) is 7.11 Å². The summed E-state index contributed by atoms with van der Waals surface area (Å²) < 4.78 is 41.0. The number of amides is 1. The zero-order valence-electron chi connectivity index (χ0n) is 8.88. The van der Waals surface area contributed by atoms with Gasteiger partial charge >= 0.3 is 17.9 Å². The van der Waals surface area contributed by atoms with Crippen molar-refractivity contribution in [2.75, 3.05) is 7.11 Å². The molecule has 0 aromatic rings. The third kappa shape index (κ3) is 2.84. The summed E-state index contributed by atoms with van der Waals surface area (Å²) in [7, 11) is 0.667. The number of carbonyl (C=O) groups excluding carboxylic acids is 2. The SMILES string of the molecule is COC(=O)[C@@](O)(NC(=O)C(C)C)C(F)(F)F. The Morgan fingerprint density at radius 1 is 1.31 bits per heavy atom. The lowest BCUT2D eigenvalue weighted by Gasteiger charge is -2.28. The highest BCUT2D eigenvalue weighted by Gasteiger charge is 2.62. The van der Waals surface area contributed by atoms with Crippen LogP contribution in [0.3, 0.4) is 0 Å². The molecule has 1 amide bonds. The van der Waals surface area contributed by atoms with Crippen LogP contribution < -0.4 is 5.32 Å². The maximum Gasteiger partial charge on any atom is 0.448 e. The summed E-state index contributed by atoms with van der Waals surface area (Å²) in [5.41, 5.74) is -4.01. The van der Waals surface area contributed by atoms with E-state index in [-0.39, 0.29) is 0 Å². The summed E-state index contributed by atoms with van der Waals surface area (Å²) in [6.07, 6.45) is -5.36. The number of nitrogens with one attached hydrogen (secondary N) is 1. The standard InChI is InChI=1S/C8H12F3NO4/c1-4(2)5(13)12-7(15,6(14)16-3)8(9,10)11/h4,15H,1-3H3,(H,12,13)/t7-/m0/s1. The van der Waals surface area contributed by atoms with Crippen molar-refractivity contribution >= 4 is 11.9 Å². The average Bonchev–Trinajstić information content (AvgIpc) is 2.14. The number of rotatable bonds is 3. The minimum Gasteiger partial charge on any atom is -0.465 e. The highest BCUT2D eigenvalue weighted by Crippen LogP contribution is 2.29. The molecule has 0 rings (SSSR count). The van der Waals surface area contributed by atoms with Crippen molar-refractivity contribution in [2.24, 2.45) is 5.92 Å². The Balaban J connectivity index is 5.12. The van der Waals surface area contributed by atoms with Gasteiger partial charge in [-0.1, -0.05) is 13.8 Å². The van der Waals surface area contributed by atoms with Crippen molar-refractivity contribution in [1.82, 2.24) is 5.32 Å². The van der Waals surface area contributed by atoms with E-state index in [1.807, 2.05) is 0 Å². The predicted molar refractivity (Wildman–Crippen MR) is 46.0 cm³/mol. The van der Waals surface area contributed by atoms with Gasteiger partial charge in [-0.3, -0.25) is 4.79 Å². The van der Waals surface area contributed by atoms with Gasteiger partial charge in [-0.05, 0) is 0 Å². The zero-order chi connectivity index (χ0) is 13.1. The number of ether oxygens (including phenoxy) is 1. The van der Waals surface area contributed by atoms with E-state index in [9.17, 15) is 22.8 Å². The third-order valence-corrected chi connectivity index (χ3v) is 1.72. The number of esters is 1. The van der Waals surface area contributed by atoms with E-state index >= 15 is 0 Å². The number of hydrogen-bond acceptors (Lipinski definition) is 4. The molecular formula is C8H12F3NO4. The molecule has 1 atom stereocenters. The molecule has 0 radical (unpaired) electrons. The van der Waals surface area contributed by atoms with Crippen LogP contribution in [0.15, 0.2) is 0 Å². The first-order valence-corrected chi connectivity index (χ1v) is 4.25. The highest BCUT2D eigenvalue weighted by atomic mass is 19.4. The van der Waals surface area contributed by atoms with Gasteiger partial charge in [-0.2, -0.15) is 13.2 Å². The molecule has 0 aliphatic heterocycles. The molecule has 8 heteroatoms. The van der Waals surface area contributed by atoms with Crippen molar-refractivity contribution in [3.8, 4) is 0 Å². The molecular weight excluding hydrogens is 231 g/mol.